The predicted molar refractivity (Wildman–Crippen MR) is 104 cm³/mol. The van der Waals surface area contributed by atoms with E-state index in [0.29, 0.717) is 0 Å². The Morgan fingerprint density at radius 2 is 1.29 bits per heavy atom. The van der Waals surface area contributed by atoms with Gasteiger partial charge in [0.1, 0.15) is 0 Å². The van der Waals surface area contributed by atoms with Crippen molar-refractivity contribution in [2.24, 2.45) is 5.73 Å². The first-order chi connectivity index (χ1) is 11.6. The van der Waals surface area contributed by atoms with Crippen molar-refractivity contribution in [3.8, 4) is 0 Å². The average molecular weight is 313 g/mol. The summed E-state index contributed by atoms with van der Waals surface area (Å²) < 4.78 is 0. The van der Waals surface area contributed by atoms with Gasteiger partial charge in [0.15, 0.2) is 0 Å². The molecule has 0 amide bonds. The number of nitrogens with two attached hydrogens (primary N) is 1. The molecule has 0 unspecified atom stereocenters. The van der Waals surface area contributed by atoms with Crippen LogP contribution in [0.5, 0.6) is 0 Å². The molecule has 0 saturated carbocycles. The Morgan fingerprint density at radius 3 is 1.92 bits per heavy atom. The lowest BCUT2D eigenvalue weighted by molar-refractivity contribution is 0.553. The van der Waals surface area contributed by atoms with Gasteiger partial charge < -0.3 is 5.73 Å². The molecule has 1 heteroatoms. The highest BCUT2D eigenvalue weighted by molar-refractivity contribution is 5.92. The molecule has 0 aromatic heterocycles. The van der Waals surface area contributed by atoms with E-state index in [2.05, 4.69) is 92.7 Å². The largest absolute Gasteiger partial charge is 0.322 e. The Hall–Kier alpha value is -2.64. The van der Waals surface area contributed by atoms with Gasteiger partial charge in [-0.25, -0.2) is 0 Å². The third-order valence-electron chi connectivity index (χ3n) is 4.11. The second-order valence-corrected chi connectivity index (χ2v) is 6.60. The summed E-state index contributed by atoms with van der Waals surface area (Å²) >= 11 is 0. The third kappa shape index (κ3) is 3.64. The Labute approximate surface area is 144 Å². The average Bonchev–Trinajstić information content (AvgIpc) is 2.61. The fourth-order valence-electron chi connectivity index (χ4n) is 2.93. The minimum atomic E-state index is -0.402. The first-order valence-corrected chi connectivity index (χ1v) is 8.26. The van der Waals surface area contributed by atoms with Crippen molar-refractivity contribution in [2.45, 2.75) is 19.4 Å². The number of hydrogen-bond acceptors (Lipinski definition) is 1. The second kappa shape index (κ2) is 6.86. The van der Waals surface area contributed by atoms with Gasteiger partial charge in [-0.05, 0) is 47.8 Å². The molecule has 120 valence electrons. The maximum absolute atomic E-state index is 6.44. The lowest BCUT2D eigenvalue weighted by atomic mass is 9.85. The molecule has 3 aromatic carbocycles. The van der Waals surface area contributed by atoms with E-state index in [-0.39, 0.29) is 0 Å². The summed E-state index contributed by atoms with van der Waals surface area (Å²) in [5.74, 6) is 0. The van der Waals surface area contributed by atoms with Crippen LogP contribution in [-0.2, 0) is 5.54 Å². The Balaban J connectivity index is 2.23. The highest BCUT2D eigenvalue weighted by atomic mass is 14.7. The molecule has 3 rings (SSSR count). The van der Waals surface area contributed by atoms with Crippen molar-refractivity contribution >= 4 is 11.6 Å². The first-order valence-electron chi connectivity index (χ1n) is 8.26. The van der Waals surface area contributed by atoms with E-state index in [0.717, 1.165) is 5.56 Å². The molecule has 24 heavy (non-hydrogen) atoms. The van der Waals surface area contributed by atoms with Crippen molar-refractivity contribution in [1.29, 1.82) is 0 Å². The second-order valence-electron chi connectivity index (χ2n) is 6.60. The van der Waals surface area contributed by atoms with Crippen molar-refractivity contribution < 1.29 is 0 Å². The van der Waals surface area contributed by atoms with Crippen molar-refractivity contribution in [2.75, 3.05) is 0 Å². The molecule has 0 spiro atoms. The molecule has 1 nitrogen and oxygen atoms in total. The van der Waals surface area contributed by atoms with Crippen LogP contribution >= 0.6 is 0 Å². The maximum Gasteiger partial charge on any atom is 0.0358 e. The Morgan fingerprint density at radius 1 is 0.750 bits per heavy atom. The zero-order chi connectivity index (χ0) is 17.0. The van der Waals surface area contributed by atoms with E-state index in [9.17, 15) is 0 Å². The van der Waals surface area contributed by atoms with Crippen LogP contribution in [0.4, 0.5) is 0 Å². The quantitative estimate of drug-likeness (QED) is 0.635. The topological polar surface area (TPSA) is 26.0 Å². The number of hydrogen-bond donors (Lipinski definition) is 1. The van der Waals surface area contributed by atoms with Crippen LogP contribution in [0.15, 0.2) is 84.9 Å². The smallest absolute Gasteiger partial charge is 0.0358 e. The van der Waals surface area contributed by atoms with Gasteiger partial charge in [-0.3, -0.25) is 0 Å². The molecule has 0 heterocycles. The van der Waals surface area contributed by atoms with Gasteiger partial charge in [-0.15, -0.1) is 0 Å². The first kappa shape index (κ1) is 16.2. The van der Waals surface area contributed by atoms with Crippen LogP contribution in [0.1, 0.15) is 36.1 Å². The molecule has 0 aliphatic rings. The van der Waals surface area contributed by atoms with Crippen LogP contribution in [-0.4, -0.2) is 0 Å². The van der Waals surface area contributed by atoms with Crippen LogP contribution in [0.25, 0.3) is 11.6 Å². The number of rotatable bonds is 4. The SMILES string of the molecule is CC(C)(N)c1ccccc1/C(=C/c1ccccc1)c1ccccc1. The lowest BCUT2D eigenvalue weighted by Crippen LogP contribution is -2.29. The highest BCUT2D eigenvalue weighted by Gasteiger charge is 2.20. The molecule has 0 aliphatic carbocycles. The van der Waals surface area contributed by atoms with Gasteiger partial charge in [-0.2, -0.15) is 0 Å². The van der Waals surface area contributed by atoms with E-state index >= 15 is 0 Å². The molecule has 3 aromatic rings. The predicted octanol–water partition coefficient (Wildman–Crippen LogP) is 5.47. The van der Waals surface area contributed by atoms with Gasteiger partial charge in [0.2, 0.25) is 0 Å². The van der Waals surface area contributed by atoms with E-state index in [1.807, 2.05) is 12.1 Å². The summed E-state index contributed by atoms with van der Waals surface area (Å²) in [7, 11) is 0. The van der Waals surface area contributed by atoms with Gasteiger partial charge in [0, 0.05) is 5.54 Å². The normalized spacial score (nSPS) is 12.2. The summed E-state index contributed by atoms with van der Waals surface area (Å²) in [5.41, 5.74) is 11.9. The van der Waals surface area contributed by atoms with E-state index in [1.54, 1.807) is 0 Å². The maximum atomic E-state index is 6.44. The van der Waals surface area contributed by atoms with Gasteiger partial charge in [-0.1, -0.05) is 84.9 Å². The molecule has 2 N–H and O–H groups in total. The summed E-state index contributed by atoms with van der Waals surface area (Å²) in [6, 6.07) is 29.3. The van der Waals surface area contributed by atoms with E-state index in [4.69, 9.17) is 5.73 Å². The zero-order valence-electron chi connectivity index (χ0n) is 14.2. The zero-order valence-corrected chi connectivity index (χ0v) is 14.2. The fourth-order valence-corrected chi connectivity index (χ4v) is 2.93. The van der Waals surface area contributed by atoms with Gasteiger partial charge in [0.05, 0.1) is 0 Å². The lowest BCUT2D eigenvalue weighted by Gasteiger charge is -2.24. The summed E-state index contributed by atoms with van der Waals surface area (Å²) in [6.45, 7) is 4.11. The minimum Gasteiger partial charge on any atom is -0.322 e. The third-order valence-corrected chi connectivity index (χ3v) is 4.11. The number of benzene rings is 3. The molecule has 0 radical (unpaired) electrons. The van der Waals surface area contributed by atoms with Crippen molar-refractivity contribution in [3.63, 3.8) is 0 Å². The molecule has 0 fully saturated rings. The molecular weight excluding hydrogens is 290 g/mol. The summed E-state index contributed by atoms with van der Waals surface area (Å²) in [5, 5.41) is 0. The van der Waals surface area contributed by atoms with Crippen LogP contribution in [0, 0.1) is 0 Å². The van der Waals surface area contributed by atoms with Gasteiger partial charge in [0.25, 0.3) is 0 Å². The Kier molecular flexibility index (Phi) is 4.64. The molecule has 0 atom stereocenters. The van der Waals surface area contributed by atoms with Crippen LogP contribution < -0.4 is 5.73 Å². The molecular formula is C23H23N. The standard InChI is InChI=1S/C23H23N/c1-23(2,24)22-16-10-9-15-20(22)21(19-13-7-4-8-14-19)17-18-11-5-3-6-12-18/h3-17H,24H2,1-2H3/b21-17+. The van der Waals surface area contributed by atoms with E-state index < -0.39 is 5.54 Å². The Bertz CT molecular complexity index is 825. The van der Waals surface area contributed by atoms with Crippen molar-refractivity contribution in [3.05, 3.63) is 107 Å². The molecule has 0 aliphatic heterocycles. The molecule has 0 saturated heterocycles. The highest BCUT2D eigenvalue weighted by Crippen LogP contribution is 2.32. The fraction of sp³-hybridized carbons (Fsp3) is 0.130. The van der Waals surface area contributed by atoms with Crippen molar-refractivity contribution in [1.82, 2.24) is 0 Å². The molecule has 0 bridgehead atoms. The minimum absolute atomic E-state index is 0.402. The van der Waals surface area contributed by atoms with Crippen LogP contribution in [0.2, 0.25) is 0 Å². The van der Waals surface area contributed by atoms with E-state index in [1.165, 1.54) is 22.3 Å². The van der Waals surface area contributed by atoms with Crippen LogP contribution in [0.3, 0.4) is 0 Å². The van der Waals surface area contributed by atoms with Gasteiger partial charge >= 0.3 is 0 Å². The monoisotopic (exact) mass is 313 g/mol. The summed E-state index contributed by atoms with van der Waals surface area (Å²) in [6.07, 6.45) is 2.24. The summed E-state index contributed by atoms with van der Waals surface area (Å²) in [4.78, 5) is 0.